The van der Waals surface area contributed by atoms with Crippen LogP contribution in [0.3, 0.4) is 0 Å². The van der Waals surface area contributed by atoms with Crippen LogP contribution in [0.5, 0.6) is 5.75 Å². The molecule has 0 saturated carbocycles. The maximum atomic E-state index is 13.0. The van der Waals surface area contributed by atoms with E-state index in [9.17, 15) is 4.39 Å². The van der Waals surface area contributed by atoms with Crippen molar-refractivity contribution >= 4 is 23.4 Å². The van der Waals surface area contributed by atoms with Gasteiger partial charge in [0.25, 0.3) is 0 Å². The Hall–Kier alpha value is -2.31. The van der Waals surface area contributed by atoms with Crippen LogP contribution in [0.25, 0.3) is 0 Å². The van der Waals surface area contributed by atoms with Crippen LogP contribution in [0.1, 0.15) is 17.0 Å². The van der Waals surface area contributed by atoms with E-state index < -0.39 is 0 Å². The van der Waals surface area contributed by atoms with Crippen LogP contribution < -0.4 is 4.74 Å². The lowest BCUT2D eigenvalue weighted by Crippen LogP contribution is -2.07. The normalized spacial score (nSPS) is 10.8. The van der Waals surface area contributed by atoms with E-state index in [-0.39, 0.29) is 5.82 Å². The quantitative estimate of drug-likeness (QED) is 0.371. The van der Waals surface area contributed by atoms with E-state index in [4.69, 9.17) is 16.3 Å². The summed E-state index contributed by atoms with van der Waals surface area (Å²) in [5.74, 6) is 1.87. The van der Waals surface area contributed by atoms with E-state index in [1.165, 1.54) is 23.9 Å². The molecule has 0 aliphatic carbocycles. The van der Waals surface area contributed by atoms with Crippen LogP contribution in [0.2, 0.25) is 5.02 Å². The highest BCUT2D eigenvalue weighted by molar-refractivity contribution is 7.98. The van der Waals surface area contributed by atoms with Crippen molar-refractivity contribution in [3.8, 4) is 5.75 Å². The molecule has 7 heteroatoms. The minimum Gasteiger partial charge on any atom is -0.486 e. The largest absolute Gasteiger partial charge is 0.486 e. The molecule has 0 saturated heterocycles. The molecule has 2 aromatic carbocycles. The molecule has 0 N–H and O–H groups in total. The lowest BCUT2D eigenvalue weighted by molar-refractivity contribution is 0.289. The Kier molecular flexibility index (Phi) is 6.53. The molecule has 0 fully saturated rings. The van der Waals surface area contributed by atoms with Gasteiger partial charge in [-0.1, -0.05) is 41.6 Å². The molecule has 1 heterocycles. The molecule has 0 radical (unpaired) electrons. The molecular formula is C20H19ClFN3OS. The number of ether oxygens (including phenoxy) is 1. The van der Waals surface area contributed by atoms with Gasteiger partial charge >= 0.3 is 0 Å². The Morgan fingerprint density at radius 1 is 1.22 bits per heavy atom. The van der Waals surface area contributed by atoms with Gasteiger partial charge in [0.15, 0.2) is 11.0 Å². The molecule has 27 heavy (non-hydrogen) atoms. The van der Waals surface area contributed by atoms with Crippen molar-refractivity contribution in [1.82, 2.24) is 14.8 Å². The number of rotatable bonds is 8. The average molecular weight is 404 g/mol. The molecule has 0 bridgehead atoms. The summed E-state index contributed by atoms with van der Waals surface area (Å²) in [7, 11) is 0. The van der Waals surface area contributed by atoms with Crippen molar-refractivity contribution in [3.05, 3.63) is 82.9 Å². The molecule has 0 amide bonds. The van der Waals surface area contributed by atoms with Crippen LogP contribution in [-0.4, -0.2) is 14.8 Å². The predicted molar refractivity (Wildman–Crippen MR) is 107 cm³/mol. The molecule has 0 aliphatic heterocycles. The lowest BCUT2D eigenvalue weighted by atomic mass is 10.2. The number of halogens is 2. The van der Waals surface area contributed by atoms with Crippen LogP contribution >= 0.6 is 23.4 Å². The summed E-state index contributed by atoms with van der Waals surface area (Å²) >= 11 is 7.58. The summed E-state index contributed by atoms with van der Waals surface area (Å²) in [4.78, 5) is 0. The van der Waals surface area contributed by atoms with E-state index in [0.29, 0.717) is 29.8 Å². The van der Waals surface area contributed by atoms with Crippen molar-refractivity contribution in [2.24, 2.45) is 0 Å². The minimum absolute atomic E-state index is 0.240. The topological polar surface area (TPSA) is 39.9 Å². The molecule has 1 aromatic heterocycles. The number of benzene rings is 2. The van der Waals surface area contributed by atoms with Gasteiger partial charge in [-0.25, -0.2) is 4.39 Å². The fourth-order valence-corrected chi connectivity index (χ4v) is 3.47. The van der Waals surface area contributed by atoms with Gasteiger partial charge in [0.1, 0.15) is 18.2 Å². The monoisotopic (exact) mass is 403 g/mol. The van der Waals surface area contributed by atoms with E-state index in [1.54, 1.807) is 18.2 Å². The Morgan fingerprint density at radius 3 is 2.70 bits per heavy atom. The molecular weight excluding hydrogens is 385 g/mol. The second-order valence-electron chi connectivity index (χ2n) is 5.91. The molecule has 0 aliphatic rings. The number of thioether (sulfide) groups is 1. The number of hydrogen-bond acceptors (Lipinski definition) is 4. The molecule has 4 nitrogen and oxygen atoms in total. The molecule has 0 unspecified atom stereocenters. The van der Waals surface area contributed by atoms with Gasteiger partial charge in [-0.2, -0.15) is 0 Å². The van der Waals surface area contributed by atoms with E-state index >= 15 is 0 Å². The molecule has 0 spiro atoms. The second kappa shape index (κ2) is 9.06. The highest BCUT2D eigenvalue weighted by Crippen LogP contribution is 2.24. The summed E-state index contributed by atoms with van der Waals surface area (Å²) in [6, 6.07) is 12.0. The van der Waals surface area contributed by atoms with Gasteiger partial charge in [-0.3, -0.25) is 4.57 Å². The van der Waals surface area contributed by atoms with Crippen molar-refractivity contribution < 1.29 is 9.13 Å². The van der Waals surface area contributed by atoms with E-state index in [2.05, 4.69) is 16.8 Å². The third-order valence-electron chi connectivity index (χ3n) is 3.88. The first kappa shape index (κ1) is 19.5. The number of nitrogens with zero attached hydrogens (tertiary/aromatic N) is 3. The number of aromatic nitrogens is 3. The highest BCUT2D eigenvalue weighted by atomic mass is 35.5. The summed E-state index contributed by atoms with van der Waals surface area (Å²) < 4.78 is 20.8. The zero-order chi connectivity index (χ0) is 19.2. The maximum absolute atomic E-state index is 13.0. The zero-order valence-electron chi connectivity index (χ0n) is 14.9. The van der Waals surface area contributed by atoms with Crippen LogP contribution in [0.4, 0.5) is 4.39 Å². The molecule has 3 rings (SSSR count). The Morgan fingerprint density at radius 2 is 2.00 bits per heavy atom. The van der Waals surface area contributed by atoms with Gasteiger partial charge in [0.05, 0.1) is 0 Å². The maximum Gasteiger partial charge on any atom is 0.191 e. The molecule has 3 aromatic rings. The zero-order valence-corrected chi connectivity index (χ0v) is 16.4. The van der Waals surface area contributed by atoms with Crippen LogP contribution in [-0.2, 0) is 18.9 Å². The standard InChI is InChI=1S/C20H19ClFN3OS/c1-3-10-25-19(12-26-17-8-9-18(21)14(2)11-17)23-24-20(25)27-13-15-4-6-16(22)7-5-15/h3-9,11H,1,10,12-13H2,2H3. The summed E-state index contributed by atoms with van der Waals surface area (Å²) in [5.41, 5.74) is 1.97. The second-order valence-corrected chi connectivity index (χ2v) is 7.26. The smallest absolute Gasteiger partial charge is 0.191 e. The molecule has 0 atom stereocenters. The summed E-state index contributed by atoms with van der Waals surface area (Å²) in [6.45, 7) is 6.60. The minimum atomic E-state index is -0.240. The first-order valence-corrected chi connectivity index (χ1v) is 9.72. The van der Waals surface area contributed by atoms with Gasteiger partial charge < -0.3 is 4.74 Å². The number of hydrogen-bond donors (Lipinski definition) is 0. The third-order valence-corrected chi connectivity index (χ3v) is 5.35. The van der Waals surface area contributed by atoms with Crippen molar-refractivity contribution in [2.45, 2.75) is 31.0 Å². The Bertz CT molecular complexity index is 927. The number of allylic oxidation sites excluding steroid dienone is 1. The predicted octanol–water partition coefficient (Wildman–Crippen LogP) is 5.44. The van der Waals surface area contributed by atoms with Crippen molar-refractivity contribution in [1.29, 1.82) is 0 Å². The van der Waals surface area contributed by atoms with E-state index in [0.717, 1.165) is 22.0 Å². The summed E-state index contributed by atoms with van der Waals surface area (Å²) in [6.07, 6.45) is 1.79. The fraction of sp³-hybridized carbons (Fsp3) is 0.200. The summed E-state index contributed by atoms with van der Waals surface area (Å²) in [5, 5.41) is 9.99. The first-order chi connectivity index (χ1) is 13.1. The molecule has 140 valence electrons. The Balaban J connectivity index is 1.69. The van der Waals surface area contributed by atoms with Crippen LogP contribution in [0, 0.1) is 12.7 Å². The first-order valence-electron chi connectivity index (χ1n) is 8.36. The lowest BCUT2D eigenvalue weighted by Gasteiger charge is -2.10. The van der Waals surface area contributed by atoms with Crippen molar-refractivity contribution in [2.75, 3.05) is 0 Å². The Labute approximate surface area is 167 Å². The van der Waals surface area contributed by atoms with Gasteiger partial charge in [0.2, 0.25) is 0 Å². The number of aryl methyl sites for hydroxylation is 1. The van der Waals surface area contributed by atoms with Crippen molar-refractivity contribution in [3.63, 3.8) is 0 Å². The van der Waals surface area contributed by atoms with Crippen LogP contribution in [0.15, 0.2) is 60.3 Å². The van der Waals surface area contributed by atoms with Gasteiger partial charge in [-0.15, -0.1) is 16.8 Å². The average Bonchev–Trinajstić information content (AvgIpc) is 3.04. The SMILES string of the molecule is C=CCn1c(COc2ccc(Cl)c(C)c2)nnc1SCc1ccc(F)cc1. The van der Waals surface area contributed by atoms with Gasteiger partial charge in [0, 0.05) is 17.3 Å². The fourth-order valence-electron chi connectivity index (χ4n) is 2.43. The third kappa shape index (κ3) is 5.11. The highest BCUT2D eigenvalue weighted by Gasteiger charge is 2.13. The van der Waals surface area contributed by atoms with E-state index in [1.807, 2.05) is 29.7 Å². The van der Waals surface area contributed by atoms with Gasteiger partial charge in [-0.05, 0) is 48.4 Å².